The van der Waals surface area contributed by atoms with Crippen molar-refractivity contribution in [3.63, 3.8) is 0 Å². The van der Waals surface area contributed by atoms with E-state index in [1.807, 2.05) is 19.1 Å². The number of hydrogen-bond acceptors (Lipinski definition) is 6. The Bertz CT molecular complexity index is 1100. The number of ether oxygens (including phenoxy) is 2. The highest BCUT2D eigenvalue weighted by molar-refractivity contribution is 5.96. The Balaban J connectivity index is 1.71. The molecular weight excluding hydrogens is 384 g/mol. The molecule has 3 aromatic rings. The van der Waals surface area contributed by atoms with Crippen molar-refractivity contribution >= 4 is 22.6 Å². The minimum Gasteiger partial charge on any atom is -0.508 e. The lowest BCUT2D eigenvalue weighted by Gasteiger charge is -2.11. The smallest absolute Gasteiger partial charge is 0.256 e. The largest absolute Gasteiger partial charge is 0.508 e. The van der Waals surface area contributed by atoms with Crippen LogP contribution in [0, 0.1) is 0 Å². The second-order valence-corrected chi connectivity index (χ2v) is 7.07. The summed E-state index contributed by atoms with van der Waals surface area (Å²) in [5.74, 6) is 0.536. The molecule has 0 saturated carbocycles. The molecule has 2 aromatic carbocycles. The normalized spacial score (nSPS) is 16.7. The number of aromatic hydroxyl groups is 1. The van der Waals surface area contributed by atoms with Crippen LogP contribution in [0.2, 0.25) is 0 Å². The average molecular weight is 408 g/mol. The zero-order valence-corrected chi connectivity index (χ0v) is 16.8. The van der Waals surface area contributed by atoms with Gasteiger partial charge in [0.05, 0.1) is 18.4 Å². The first-order valence-electron chi connectivity index (χ1n) is 10.1. The number of phenolic OH excluding ortho intramolecular Hbond substituents is 1. The topological polar surface area (TPSA) is 93.3 Å². The maximum Gasteiger partial charge on any atom is 0.256 e. The molecule has 2 N–H and O–H groups in total. The standard InChI is InChI=1S/C23H24N2O5/c1-2-28-18-9-6-16(7-10-18)25-23-20(22(27)24-14-19-4-3-11-29-19)12-15-5-8-17(26)13-21(15)30-23/h5-10,12-13,19,26H,2-4,11,14H2,1H3,(H,24,27)/t19-/m1/s1. The molecule has 1 aliphatic rings. The summed E-state index contributed by atoms with van der Waals surface area (Å²) in [6.45, 7) is 3.67. The summed E-state index contributed by atoms with van der Waals surface area (Å²) in [6, 6.07) is 13.7. The third-order valence-corrected chi connectivity index (χ3v) is 4.87. The number of carbonyl (C=O) groups excluding carboxylic acids is 1. The Hall–Kier alpha value is -3.32. The SMILES string of the molecule is CCOc1ccc(N=c2oc3cc(O)ccc3cc2C(=O)NC[C@H]2CCCO2)cc1. The fourth-order valence-corrected chi connectivity index (χ4v) is 3.36. The Morgan fingerprint density at radius 2 is 2.07 bits per heavy atom. The van der Waals surface area contributed by atoms with Crippen molar-refractivity contribution < 1.29 is 23.8 Å². The first kappa shape index (κ1) is 20.0. The van der Waals surface area contributed by atoms with Crippen molar-refractivity contribution in [1.82, 2.24) is 5.32 Å². The van der Waals surface area contributed by atoms with Gasteiger partial charge in [-0.3, -0.25) is 4.79 Å². The number of rotatable bonds is 6. The van der Waals surface area contributed by atoms with Crippen LogP contribution in [0.4, 0.5) is 5.69 Å². The minimum absolute atomic E-state index is 0.0368. The molecule has 30 heavy (non-hydrogen) atoms. The van der Waals surface area contributed by atoms with Crippen LogP contribution < -0.4 is 15.6 Å². The molecule has 7 nitrogen and oxygen atoms in total. The molecule has 1 aliphatic heterocycles. The fourth-order valence-electron chi connectivity index (χ4n) is 3.36. The van der Waals surface area contributed by atoms with Gasteiger partial charge in [-0.2, -0.15) is 0 Å². The number of nitrogens with one attached hydrogen (secondary N) is 1. The van der Waals surface area contributed by atoms with E-state index in [0.717, 1.165) is 25.2 Å². The lowest BCUT2D eigenvalue weighted by atomic mass is 10.1. The van der Waals surface area contributed by atoms with Gasteiger partial charge in [0, 0.05) is 24.6 Å². The lowest BCUT2D eigenvalue weighted by molar-refractivity contribution is 0.0854. The zero-order valence-electron chi connectivity index (χ0n) is 16.8. The number of amides is 1. The van der Waals surface area contributed by atoms with Crippen molar-refractivity contribution in [3.8, 4) is 11.5 Å². The predicted octanol–water partition coefficient (Wildman–Crippen LogP) is 3.68. The number of carbonyl (C=O) groups is 1. The molecule has 156 valence electrons. The van der Waals surface area contributed by atoms with E-state index in [2.05, 4.69) is 10.3 Å². The van der Waals surface area contributed by atoms with Crippen molar-refractivity contribution in [2.75, 3.05) is 19.8 Å². The van der Waals surface area contributed by atoms with Crippen LogP contribution in [-0.4, -0.2) is 36.9 Å². The molecule has 1 fully saturated rings. The summed E-state index contributed by atoms with van der Waals surface area (Å²) in [5, 5.41) is 13.4. The molecule has 0 radical (unpaired) electrons. The van der Waals surface area contributed by atoms with Gasteiger partial charge in [0.2, 0.25) is 5.55 Å². The second kappa shape index (κ2) is 9.00. The van der Waals surface area contributed by atoms with E-state index in [0.29, 0.717) is 35.4 Å². The minimum atomic E-state index is -0.283. The predicted molar refractivity (Wildman–Crippen MR) is 112 cm³/mol. The third-order valence-electron chi connectivity index (χ3n) is 4.87. The van der Waals surface area contributed by atoms with Crippen molar-refractivity contribution in [1.29, 1.82) is 0 Å². The van der Waals surface area contributed by atoms with Gasteiger partial charge in [-0.1, -0.05) is 0 Å². The molecule has 0 aliphatic carbocycles. The Morgan fingerprint density at radius 1 is 1.23 bits per heavy atom. The number of nitrogens with zero attached hydrogens (tertiary/aromatic N) is 1. The van der Waals surface area contributed by atoms with Gasteiger partial charge >= 0.3 is 0 Å². The van der Waals surface area contributed by atoms with Gasteiger partial charge in [0.15, 0.2) is 0 Å². The number of phenols is 1. The van der Waals surface area contributed by atoms with Crippen LogP contribution in [0.25, 0.3) is 11.0 Å². The average Bonchev–Trinajstić information content (AvgIpc) is 3.27. The highest BCUT2D eigenvalue weighted by atomic mass is 16.5. The summed E-state index contributed by atoms with van der Waals surface area (Å²) >= 11 is 0. The van der Waals surface area contributed by atoms with E-state index >= 15 is 0 Å². The molecule has 4 rings (SSSR count). The zero-order chi connectivity index (χ0) is 20.9. The van der Waals surface area contributed by atoms with Gasteiger partial charge in [0.1, 0.15) is 22.6 Å². The van der Waals surface area contributed by atoms with Gasteiger partial charge < -0.3 is 24.3 Å². The van der Waals surface area contributed by atoms with Gasteiger partial charge in [-0.15, -0.1) is 0 Å². The van der Waals surface area contributed by atoms with Crippen LogP contribution in [0.5, 0.6) is 11.5 Å². The Kier molecular flexibility index (Phi) is 5.99. The molecule has 0 unspecified atom stereocenters. The van der Waals surface area contributed by atoms with Crippen molar-refractivity contribution in [2.45, 2.75) is 25.9 Å². The summed E-state index contributed by atoms with van der Waals surface area (Å²) in [5.41, 5.74) is 1.55. The number of hydrogen-bond donors (Lipinski definition) is 2. The van der Waals surface area contributed by atoms with Crippen molar-refractivity contribution in [3.05, 3.63) is 59.6 Å². The summed E-state index contributed by atoms with van der Waals surface area (Å²) in [6.07, 6.45) is 1.98. The Labute approximate surface area is 174 Å². The van der Waals surface area contributed by atoms with E-state index in [-0.39, 0.29) is 23.3 Å². The second-order valence-electron chi connectivity index (χ2n) is 7.07. The highest BCUT2D eigenvalue weighted by Gasteiger charge is 2.18. The molecule has 1 aromatic heterocycles. The first-order valence-corrected chi connectivity index (χ1v) is 10.1. The summed E-state index contributed by atoms with van der Waals surface area (Å²) in [7, 11) is 0. The van der Waals surface area contributed by atoms with E-state index in [1.54, 1.807) is 30.3 Å². The van der Waals surface area contributed by atoms with E-state index < -0.39 is 0 Å². The van der Waals surface area contributed by atoms with E-state index in [9.17, 15) is 9.90 Å². The molecule has 1 atom stereocenters. The molecule has 7 heteroatoms. The van der Waals surface area contributed by atoms with Gasteiger partial charge in [-0.05, 0) is 62.2 Å². The van der Waals surface area contributed by atoms with Crippen molar-refractivity contribution in [2.24, 2.45) is 4.99 Å². The fraction of sp³-hybridized carbons (Fsp3) is 0.304. The lowest BCUT2D eigenvalue weighted by Crippen LogP contribution is -2.34. The maximum atomic E-state index is 12.9. The van der Waals surface area contributed by atoms with Crippen LogP contribution in [0.3, 0.4) is 0 Å². The van der Waals surface area contributed by atoms with Crippen LogP contribution >= 0.6 is 0 Å². The molecule has 0 spiro atoms. The molecule has 2 heterocycles. The van der Waals surface area contributed by atoms with Crippen LogP contribution in [-0.2, 0) is 4.74 Å². The molecule has 1 saturated heterocycles. The van der Waals surface area contributed by atoms with Gasteiger partial charge in [0.25, 0.3) is 5.91 Å². The van der Waals surface area contributed by atoms with Crippen LogP contribution in [0.15, 0.2) is 57.9 Å². The Morgan fingerprint density at radius 3 is 2.80 bits per heavy atom. The molecular formula is C23H24N2O5. The highest BCUT2D eigenvalue weighted by Crippen LogP contribution is 2.21. The molecule has 0 bridgehead atoms. The monoisotopic (exact) mass is 408 g/mol. The maximum absolute atomic E-state index is 12.9. The molecule has 1 amide bonds. The first-order chi connectivity index (χ1) is 14.6. The van der Waals surface area contributed by atoms with Gasteiger partial charge in [-0.25, -0.2) is 4.99 Å². The summed E-state index contributed by atoms with van der Waals surface area (Å²) in [4.78, 5) is 17.4. The number of benzene rings is 2. The summed E-state index contributed by atoms with van der Waals surface area (Å²) < 4.78 is 16.9. The third kappa shape index (κ3) is 4.63. The quantitative estimate of drug-likeness (QED) is 0.649. The number of fused-ring (bicyclic) bond motifs is 1. The van der Waals surface area contributed by atoms with Crippen LogP contribution in [0.1, 0.15) is 30.1 Å². The van der Waals surface area contributed by atoms with E-state index in [1.165, 1.54) is 6.07 Å². The van der Waals surface area contributed by atoms with E-state index in [4.69, 9.17) is 13.9 Å².